The Morgan fingerprint density at radius 2 is 2.04 bits per heavy atom. The molecule has 0 aliphatic carbocycles. The standard InChI is InChI=1S/C17H26N4O4S/c22-16(15-7-10-18-20-15)21-11-4-8-17(23,9-12-21)13-19-26(24,25)14-5-2-1-3-6-14/h1-3,5-6,15,18-20,23H,4,7-13H2. The summed E-state index contributed by atoms with van der Waals surface area (Å²) in [6.45, 7) is 1.69. The second-order valence-electron chi connectivity index (χ2n) is 6.95. The van der Waals surface area contributed by atoms with Crippen LogP contribution in [0.1, 0.15) is 25.7 Å². The third kappa shape index (κ3) is 4.60. The van der Waals surface area contributed by atoms with E-state index >= 15 is 0 Å². The molecule has 1 aromatic carbocycles. The lowest BCUT2D eigenvalue weighted by molar-refractivity contribution is -0.133. The Morgan fingerprint density at radius 1 is 1.27 bits per heavy atom. The summed E-state index contributed by atoms with van der Waals surface area (Å²) in [6, 6.07) is 7.87. The van der Waals surface area contributed by atoms with Gasteiger partial charge in [-0.05, 0) is 37.8 Å². The number of benzene rings is 1. The van der Waals surface area contributed by atoms with Crippen molar-refractivity contribution >= 4 is 15.9 Å². The first kappa shape index (κ1) is 19.2. The highest BCUT2D eigenvalue weighted by Gasteiger charge is 2.35. The van der Waals surface area contributed by atoms with E-state index in [4.69, 9.17) is 0 Å². The molecule has 0 bridgehead atoms. The number of nitrogens with one attached hydrogen (secondary N) is 3. The average molecular weight is 382 g/mol. The van der Waals surface area contributed by atoms with Gasteiger partial charge in [0.15, 0.2) is 0 Å². The zero-order valence-corrected chi connectivity index (χ0v) is 15.5. The van der Waals surface area contributed by atoms with Crippen LogP contribution in [0.2, 0.25) is 0 Å². The number of carbonyl (C=O) groups is 1. The van der Waals surface area contributed by atoms with Crippen molar-refractivity contribution in [1.29, 1.82) is 0 Å². The summed E-state index contributed by atoms with van der Waals surface area (Å²) in [7, 11) is -3.66. The van der Waals surface area contributed by atoms with Crippen molar-refractivity contribution in [3.63, 3.8) is 0 Å². The van der Waals surface area contributed by atoms with Crippen LogP contribution in [0.5, 0.6) is 0 Å². The van der Waals surface area contributed by atoms with Gasteiger partial charge in [-0.1, -0.05) is 18.2 Å². The smallest absolute Gasteiger partial charge is 0.241 e. The molecule has 2 atom stereocenters. The maximum Gasteiger partial charge on any atom is 0.241 e. The Balaban J connectivity index is 1.57. The summed E-state index contributed by atoms with van der Waals surface area (Å²) in [5.41, 5.74) is 4.76. The number of amides is 1. The fraction of sp³-hybridized carbons (Fsp3) is 0.588. The van der Waals surface area contributed by atoms with Crippen LogP contribution in [-0.2, 0) is 14.8 Å². The number of rotatable bonds is 5. The van der Waals surface area contributed by atoms with Crippen molar-refractivity contribution in [3.8, 4) is 0 Å². The van der Waals surface area contributed by atoms with Gasteiger partial charge in [-0.15, -0.1) is 0 Å². The fourth-order valence-corrected chi connectivity index (χ4v) is 4.52. The molecule has 2 heterocycles. The number of carbonyl (C=O) groups excluding carboxylic acids is 1. The topological polar surface area (TPSA) is 111 Å². The molecule has 0 radical (unpaired) electrons. The first-order valence-corrected chi connectivity index (χ1v) is 10.4. The molecule has 1 amide bonds. The predicted molar refractivity (Wildman–Crippen MR) is 96.6 cm³/mol. The van der Waals surface area contributed by atoms with Gasteiger partial charge < -0.3 is 10.0 Å². The number of aliphatic hydroxyl groups is 1. The van der Waals surface area contributed by atoms with E-state index in [1.807, 2.05) is 0 Å². The van der Waals surface area contributed by atoms with Crippen LogP contribution in [0, 0.1) is 0 Å². The monoisotopic (exact) mass is 382 g/mol. The number of sulfonamides is 1. The van der Waals surface area contributed by atoms with E-state index in [1.165, 1.54) is 12.1 Å². The molecule has 1 aromatic rings. The second kappa shape index (κ2) is 8.01. The third-order valence-corrected chi connectivity index (χ3v) is 6.42. The quantitative estimate of drug-likeness (QED) is 0.550. The Morgan fingerprint density at radius 3 is 2.73 bits per heavy atom. The van der Waals surface area contributed by atoms with Crippen molar-refractivity contribution in [1.82, 2.24) is 20.5 Å². The van der Waals surface area contributed by atoms with Gasteiger partial charge in [0.1, 0.15) is 6.04 Å². The highest BCUT2D eigenvalue weighted by Crippen LogP contribution is 2.23. The third-order valence-electron chi connectivity index (χ3n) is 5.01. The first-order chi connectivity index (χ1) is 12.4. The van der Waals surface area contributed by atoms with Crippen LogP contribution >= 0.6 is 0 Å². The molecule has 4 N–H and O–H groups in total. The first-order valence-electron chi connectivity index (χ1n) is 8.94. The molecule has 0 saturated carbocycles. The Bertz CT molecular complexity index is 722. The molecule has 2 saturated heterocycles. The zero-order chi connectivity index (χ0) is 18.6. The number of hydrogen-bond acceptors (Lipinski definition) is 6. The summed E-state index contributed by atoms with van der Waals surface area (Å²) in [5.74, 6) is 0.0316. The van der Waals surface area contributed by atoms with Gasteiger partial charge in [0, 0.05) is 26.2 Å². The molecule has 26 heavy (non-hydrogen) atoms. The maximum atomic E-state index is 12.5. The van der Waals surface area contributed by atoms with Gasteiger partial charge in [0.05, 0.1) is 10.5 Å². The van der Waals surface area contributed by atoms with Gasteiger partial charge in [-0.2, -0.15) is 0 Å². The van der Waals surface area contributed by atoms with Crippen LogP contribution in [0.3, 0.4) is 0 Å². The molecule has 9 heteroatoms. The van der Waals surface area contributed by atoms with Crippen LogP contribution in [0.15, 0.2) is 35.2 Å². The van der Waals surface area contributed by atoms with Gasteiger partial charge in [-0.3, -0.25) is 10.2 Å². The van der Waals surface area contributed by atoms with E-state index < -0.39 is 15.6 Å². The highest BCUT2D eigenvalue weighted by molar-refractivity contribution is 7.89. The number of nitrogens with zero attached hydrogens (tertiary/aromatic N) is 1. The lowest BCUT2D eigenvalue weighted by Crippen LogP contribution is -2.47. The molecule has 2 fully saturated rings. The van der Waals surface area contributed by atoms with Crippen LogP contribution in [0.4, 0.5) is 0 Å². The average Bonchev–Trinajstić information content (AvgIpc) is 3.11. The normalized spacial score (nSPS) is 27.3. The van der Waals surface area contributed by atoms with Crippen molar-refractivity contribution < 1.29 is 18.3 Å². The molecule has 3 rings (SSSR count). The SMILES string of the molecule is O=C(C1CCNN1)N1CCCC(O)(CNS(=O)(=O)c2ccccc2)CC1. The van der Waals surface area contributed by atoms with E-state index in [9.17, 15) is 18.3 Å². The molecule has 8 nitrogen and oxygen atoms in total. The lowest BCUT2D eigenvalue weighted by atomic mass is 9.95. The van der Waals surface area contributed by atoms with Crippen molar-refractivity contribution in [2.24, 2.45) is 0 Å². The van der Waals surface area contributed by atoms with E-state index in [2.05, 4.69) is 15.6 Å². The summed E-state index contributed by atoms with van der Waals surface area (Å²) in [5, 5.41) is 10.8. The maximum absolute atomic E-state index is 12.5. The highest BCUT2D eigenvalue weighted by atomic mass is 32.2. The van der Waals surface area contributed by atoms with Crippen LogP contribution < -0.4 is 15.6 Å². The molecular formula is C17H26N4O4S. The summed E-state index contributed by atoms with van der Waals surface area (Å²) < 4.78 is 27.2. The minimum atomic E-state index is -3.66. The Kier molecular flexibility index (Phi) is 5.93. The van der Waals surface area contributed by atoms with Crippen LogP contribution in [-0.4, -0.2) is 62.2 Å². The van der Waals surface area contributed by atoms with Crippen molar-refractivity contribution in [2.75, 3.05) is 26.2 Å². The van der Waals surface area contributed by atoms with Gasteiger partial charge in [0.25, 0.3) is 0 Å². The Labute approximate surface area is 154 Å². The molecular weight excluding hydrogens is 356 g/mol. The van der Waals surface area contributed by atoms with E-state index in [1.54, 1.807) is 23.1 Å². The molecule has 144 valence electrons. The van der Waals surface area contributed by atoms with Crippen molar-refractivity contribution in [2.45, 2.75) is 42.2 Å². The fourth-order valence-electron chi connectivity index (χ4n) is 3.38. The molecule has 2 aliphatic heterocycles. The number of likely N-dealkylation sites (tertiary alicyclic amines) is 1. The van der Waals surface area contributed by atoms with Gasteiger partial charge in [0.2, 0.25) is 15.9 Å². The second-order valence-corrected chi connectivity index (χ2v) is 8.72. The van der Waals surface area contributed by atoms with Crippen LogP contribution in [0.25, 0.3) is 0 Å². The van der Waals surface area contributed by atoms with E-state index in [0.29, 0.717) is 32.4 Å². The summed E-state index contributed by atoms with van der Waals surface area (Å²) in [4.78, 5) is 14.4. The zero-order valence-electron chi connectivity index (χ0n) is 14.6. The minimum absolute atomic E-state index is 0.0316. The largest absolute Gasteiger partial charge is 0.388 e. The van der Waals surface area contributed by atoms with Crippen molar-refractivity contribution in [3.05, 3.63) is 30.3 Å². The predicted octanol–water partition coefficient (Wildman–Crippen LogP) is -0.425. The summed E-state index contributed by atoms with van der Waals surface area (Å²) >= 11 is 0. The summed E-state index contributed by atoms with van der Waals surface area (Å²) in [6.07, 6.45) is 2.17. The van der Waals surface area contributed by atoms with Gasteiger partial charge >= 0.3 is 0 Å². The van der Waals surface area contributed by atoms with E-state index in [0.717, 1.165) is 13.0 Å². The minimum Gasteiger partial charge on any atom is -0.388 e. The molecule has 0 aromatic heterocycles. The number of hydrogen-bond donors (Lipinski definition) is 4. The number of hydrazine groups is 1. The van der Waals surface area contributed by atoms with Gasteiger partial charge in [-0.25, -0.2) is 18.6 Å². The molecule has 2 unspecified atom stereocenters. The van der Waals surface area contributed by atoms with E-state index in [-0.39, 0.29) is 23.4 Å². The molecule has 2 aliphatic rings. The molecule has 0 spiro atoms. The Hall–Kier alpha value is -1.52. The lowest BCUT2D eigenvalue weighted by Gasteiger charge is -2.27.